The van der Waals surface area contributed by atoms with Crippen LogP contribution in [0.2, 0.25) is 0 Å². The Balaban J connectivity index is 1.87. The molecule has 2 atom stereocenters. The van der Waals surface area contributed by atoms with E-state index in [4.69, 9.17) is 9.47 Å². The highest BCUT2D eigenvalue weighted by atomic mass is 32.2. The van der Waals surface area contributed by atoms with Crippen molar-refractivity contribution >= 4 is 23.8 Å². The van der Waals surface area contributed by atoms with Gasteiger partial charge < -0.3 is 24.7 Å². The number of H-pyrrole nitrogens is 1. The van der Waals surface area contributed by atoms with Crippen molar-refractivity contribution in [1.82, 2.24) is 20.2 Å². The first-order chi connectivity index (χ1) is 14.1. The summed E-state index contributed by atoms with van der Waals surface area (Å²) in [5.74, 6) is 1.04. The smallest absolute Gasteiger partial charge is 0.328 e. The average molecular weight is 419 g/mol. The number of carbonyl (C=O) groups is 2. The number of aromatic amines is 1. The summed E-state index contributed by atoms with van der Waals surface area (Å²) < 4.78 is 10.1. The van der Waals surface area contributed by atoms with E-state index < -0.39 is 12.0 Å². The van der Waals surface area contributed by atoms with Crippen molar-refractivity contribution in [1.29, 1.82) is 0 Å². The van der Waals surface area contributed by atoms with E-state index in [-0.39, 0.29) is 12.1 Å². The number of imidazole rings is 1. The highest BCUT2D eigenvalue weighted by molar-refractivity contribution is 7.98. The number of rotatable bonds is 7. The van der Waals surface area contributed by atoms with Crippen LogP contribution in [0.25, 0.3) is 0 Å². The number of ether oxygens (including phenoxy) is 2. The van der Waals surface area contributed by atoms with E-state index in [1.165, 1.54) is 7.11 Å². The van der Waals surface area contributed by atoms with Crippen LogP contribution in [-0.4, -0.2) is 65.7 Å². The zero-order valence-corrected chi connectivity index (χ0v) is 17.6. The van der Waals surface area contributed by atoms with Gasteiger partial charge in [-0.2, -0.15) is 11.8 Å². The molecule has 2 N–H and O–H groups in total. The summed E-state index contributed by atoms with van der Waals surface area (Å²) in [4.78, 5) is 34.6. The molecule has 0 saturated carbocycles. The SMILES string of the molecule is COC(=O)[C@H](CCSC)NC(=O)N1CCc2[nH]cnc2C1c1ccc(OC)cc1. The summed E-state index contributed by atoms with van der Waals surface area (Å²) in [5.41, 5.74) is 2.75. The quantitative estimate of drug-likeness (QED) is 0.670. The summed E-state index contributed by atoms with van der Waals surface area (Å²) in [5, 5.41) is 2.85. The molecule has 29 heavy (non-hydrogen) atoms. The molecule has 2 aromatic rings. The van der Waals surface area contributed by atoms with Crippen LogP contribution in [0, 0.1) is 0 Å². The summed E-state index contributed by atoms with van der Waals surface area (Å²) in [6.45, 7) is 0.508. The van der Waals surface area contributed by atoms with Crippen molar-refractivity contribution in [2.24, 2.45) is 0 Å². The molecule has 1 unspecified atom stereocenters. The number of methoxy groups -OCH3 is 2. The molecule has 2 heterocycles. The predicted octanol–water partition coefficient (Wildman–Crippen LogP) is 2.37. The molecule has 0 saturated heterocycles. The van der Waals surface area contributed by atoms with Gasteiger partial charge in [0.05, 0.1) is 26.2 Å². The maximum atomic E-state index is 13.2. The van der Waals surface area contributed by atoms with Crippen molar-refractivity contribution in [3.05, 3.63) is 47.5 Å². The Labute approximate surface area is 174 Å². The number of nitrogens with zero attached hydrogens (tertiary/aromatic N) is 2. The molecule has 2 amide bonds. The van der Waals surface area contributed by atoms with E-state index in [9.17, 15) is 9.59 Å². The van der Waals surface area contributed by atoms with Crippen LogP contribution >= 0.6 is 11.8 Å². The lowest BCUT2D eigenvalue weighted by atomic mass is 9.96. The molecule has 1 aromatic carbocycles. The topological polar surface area (TPSA) is 96.6 Å². The van der Waals surface area contributed by atoms with Gasteiger partial charge in [-0.1, -0.05) is 12.1 Å². The van der Waals surface area contributed by atoms with Crippen LogP contribution in [0.3, 0.4) is 0 Å². The number of amides is 2. The third kappa shape index (κ3) is 4.67. The number of thioether (sulfide) groups is 1. The van der Waals surface area contributed by atoms with Gasteiger partial charge in [0.25, 0.3) is 0 Å². The lowest BCUT2D eigenvalue weighted by Crippen LogP contribution is -2.51. The van der Waals surface area contributed by atoms with Crippen LogP contribution < -0.4 is 10.1 Å². The van der Waals surface area contributed by atoms with Crippen LogP contribution in [0.5, 0.6) is 5.75 Å². The van der Waals surface area contributed by atoms with Crippen LogP contribution in [0.4, 0.5) is 4.79 Å². The largest absolute Gasteiger partial charge is 0.497 e. The molecule has 1 aromatic heterocycles. The van der Waals surface area contributed by atoms with Crippen molar-refractivity contribution in [3.8, 4) is 5.75 Å². The second-order valence-corrected chi connectivity index (χ2v) is 7.68. The first-order valence-corrected chi connectivity index (χ1v) is 10.8. The van der Waals surface area contributed by atoms with Gasteiger partial charge in [-0.05, 0) is 36.1 Å². The van der Waals surface area contributed by atoms with Gasteiger partial charge in [-0.25, -0.2) is 14.6 Å². The Morgan fingerprint density at radius 2 is 2.10 bits per heavy atom. The van der Waals surface area contributed by atoms with Crippen molar-refractivity contribution < 1.29 is 19.1 Å². The predicted molar refractivity (Wildman–Crippen MR) is 111 cm³/mol. The third-order valence-corrected chi connectivity index (χ3v) is 5.66. The molecular weight excluding hydrogens is 392 g/mol. The molecule has 1 aliphatic rings. The Bertz CT molecular complexity index is 839. The Kier molecular flexibility index (Phi) is 7.03. The third-order valence-electron chi connectivity index (χ3n) is 5.01. The fourth-order valence-corrected chi connectivity index (χ4v) is 3.95. The standard InChI is InChI=1S/C20H26N4O4S/c1-27-14-6-4-13(5-7-14)18-17-15(21-12-22-17)8-10-24(18)20(26)23-16(9-11-29-3)19(25)28-2/h4-7,12,16,18H,8-11H2,1-3H3,(H,21,22)(H,23,26)/t16-,18?/m0/s1. The van der Waals surface area contributed by atoms with E-state index in [2.05, 4.69) is 15.3 Å². The summed E-state index contributed by atoms with van der Waals surface area (Å²) in [7, 11) is 2.94. The summed E-state index contributed by atoms with van der Waals surface area (Å²) in [6, 6.07) is 6.24. The number of hydrogen-bond acceptors (Lipinski definition) is 6. The fraction of sp³-hybridized carbons (Fsp3) is 0.450. The number of nitrogens with one attached hydrogen (secondary N) is 2. The number of benzene rings is 1. The van der Waals surface area contributed by atoms with Crippen LogP contribution in [0.1, 0.15) is 29.4 Å². The maximum Gasteiger partial charge on any atom is 0.328 e. The highest BCUT2D eigenvalue weighted by Gasteiger charge is 2.35. The monoisotopic (exact) mass is 418 g/mol. The van der Waals surface area contributed by atoms with E-state index in [0.29, 0.717) is 19.4 Å². The number of aromatic nitrogens is 2. The number of urea groups is 1. The lowest BCUT2D eigenvalue weighted by molar-refractivity contribution is -0.142. The van der Waals surface area contributed by atoms with Crippen molar-refractivity contribution in [3.63, 3.8) is 0 Å². The number of hydrogen-bond donors (Lipinski definition) is 2. The minimum Gasteiger partial charge on any atom is -0.497 e. The molecule has 0 fully saturated rings. The number of fused-ring (bicyclic) bond motifs is 1. The van der Waals surface area contributed by atoms with E-state index >= 15 is 0 Å². The molecular formula is C20H26N4O4S. The summed E-state index contributed by atoms with van der Waals surface area (Å²) >= 11 is 1.61. The molecule has 3 rings (SSSR count). The van der Waals surface area contributed by atoms with E-state index in [1.807, 2.05) is 30.5 Å². The normalized spacial score (nSPS) is 16.7. The van der Waals surface area contributed by atoms with Crippen LogP contribution in [0.15, 0.2) is 30.6 Å². The Hall–Kier alpha value is -2.68. The van der Waals surface area contributed by atoms with Gasteiger partial charge in [0.2, 0.25) is 0 Å². The second-order valence-electron chi connectivity index (χ2n) is 6.69. The maximum absolute atomic E-state index is 13.2. The van der Waals surface area contributed by atoms with Crippen LogP contribution in [-0.2, 0) is 16.0 Å². The molecule has 0 aliphatic carbocycles. The fourth-order valence-electron chi connectivity index (χ4n) is 3.48. The first-order valence-electron chi connectivity index (χ1n) is 9.39. The van der Waals surface area contributed by atoms with Gasteiger partial charge in [0, 0.05) is 18.7 Å². The molecule has 0 radical (unpaired) electrons. The van der Waals surface area contributed by atoms with Crippen molar-refractivity contribution in [2.75, 3.05) is 32.8 Å². The number of esters is 1. The average Bonchev–Trinajstić information content (AvgIpc) is 3.24. The molecule has 8 nitrogen and oxygen atoms in total. The molecule has 1 aliphatic heterocycles. The molecule has 9 heteroatoms. The van der Waals surface area contributed by atoms with E-state index in [1.54, 1.807) is 30.1 Å². The van der Waals surface area contributed by atoms with Gasteiger partial charge in [-0.3, -0.25) is 0 Å². The Morgan fingerprint density at radius 3 is 2.76 bits per heavy atom. The highest BCUT2D eigenvalue weighted by Crippen LogP contribution is 2.34. The molecule has 156 valence electrons. The van der Waals surface area contributed by atoms with Gasteiger partial charge in [0.15, 0.2) is 0 Å². The molecule has 0 spiro atoms. The minimum atomic E-state index is -0.683. The first kappa shape index (κ1) is 21.0. The molecule has 0 bridgehead atoms. The second kappa shape index (κ2) is 9.69. The van der Waals surface area contributed by atoms with Crippen molar-refractivity contribution in [2.45, 2.75) is 24.9 Å². The summed E-state index contributed by atoms with van der Waals surface area (Å²) in [6.07, 6.45) is 4.79. The lowest BCUT2D eigenvalue weighted by Gasteiger charge is -2.36. The number of carbonyl (C=O) groups excluding carboxylic acids is 2. The van der Waals surface area contributed by atoms with Gasteiger partial charge in [0.1, 0.15) is 17.8 Å². The van der Waals surface area contributed by atoms with Gasteiger partial charge in [-0.15, -0.1) is 0 Å². The zero-order chi connectivity index (χ0) is 20.8. The zero-order valence-electron chi connectivity index (χ0n) is 16.8. The minimum absolute atomic E-state index is 0.309. The van der Waals surface area contributed by atoms with E-state index in [0.717, 1.165) is 28.5 Å². The Morgan fingerprint density at radius 1 is 1.34 bits per heavy atom. The van der Waals surface area contributed by atoms with Gasteiger partial charge >= 0.3 is 12.0 Å².